The van der Waals surface area contributed by atoms with E-state index >= 15 is 0 Å². The number of para-hydroxylation sites is 2. The Morgan fingerprint density at radius 3 is 2.58 bits per heavy atom. The summed E-state index contributed by atoms with van der Waals surface area (Å²) in [5.41, 5.74) is 0.705. The largest absolute Gasteiger partial charge is 0.612 e. The van der Waals surface area contributed by atoms with Gasteiger partial charge in [-0.2, -0.15) is 0 Å². The van der Waals surface area contributed by atoms with Gasteiger partial charge in [0.15, 0.2) is 22.5 Å². The van der Waals surface area contributed by atoms with Crippen molar-refractivity contribution in [1.82, 2.24) is 10.2 Å². The van der Waals surface area contributed by atoms with Crippen LogP contribution in [0.5, 0.6) is 11.5 Å². The minimum absolute atomic E-state index is 0.0584. The van der Waals surface area contributed by atoms with E-state index in [2.05, 4.69) is 15.5 Å². The molecular weight excluding hydrogens is 442 g/mol. The summed E-state index contributed by atoms with van der Waals surface area (Å²) in [5.74, 6) is 1.31. The number of aliphatic hydroxyl groups is 1. The Labute approximate surface area is 197 Å². The van der Waals surface area contributed by atoms with Crippen LogP contribution in [0, 0.1) is 0 Å². The van der Waals surface area contributed by atoms with E-state index in [0.717, 1.165) is 30.8 Å². The highest BCUT2D eigenvalue weighted by molar-refractivity contribution is 7.90. The lowest BCUT2D eigenvalue weighted by atomic mass is 10.0. The number of likely N-dealkylation sites (tertiary alicyclic amines) is 1. The van der Waals surface area contributed by atoms with Gasteiger partial charge >= 0.3 is 0 Å². The lowest BCUT2D eigenvalue weighted by Gasteiger charge is -2.34. The lowest BCUT2D eigenvalue weighted by molar-refractivity contribution is -0.117. The van der Waals surface area contributed by atoms with Gasteiger partial charge in [0.2, 0.25) is 5.91 Å². The van der Waals surface area contributed by atoms with Gasteiger partial charge < -0.3 is 29.8 Å². The van der Waals surface area contributed by atoms with Crippen LogP contribution in [0.1, 0.15) is 12.8 Å². The first kappa shape index (κ1) is 23.8. The Morgan fingerprint density at radius 2 is 1.88 bits per heavy atom. The zero-order valence-electron chi connectivity index (χ0n) is 18.7. The van der Waals surface area contributed by atoms with Crippen LogP contribution in [0.2, 0.25) is 0 Å². The highest BCUT2D eigenvalue weighted by atomic mass is 32.2. The van der Waals surface area contributed by atoms with Gasteiger partial charge in [-0.3, -0.25) is 9.69 Å². The van der Waals surface area contributed by atoms with Crippen molar-refractivity contribution in [1.29, 1.82) is 0 Å². The third-order valence-electron chi connectivity index (χ3n) is 6.00. The van der Waals surface area contributed by atoms with Gasteiger partial charge in [0.1, 0.15) is 19.0 Å². The van der Waals surface area contributed by atoms with Crippen LogP contribution in [0.3, 0.4) is 0 Å². The summed E-state index contributed by atoms with van der Waals surface area (Å²) in [6.45, 7) is 2.71. The molecule has 178 valence electrons. The molecule has 0 radical (unpaired) electrons. The highest BCUT2D eigenvalue weighted by Crippen LogP contribution is 2.31. The van der Waals surface area contributed by atoms with Gasteiger partial charge in [0.05, 0.1) is 6.54 Å². The Balaban J connectivity index is 1.14. The molecule has 8 nitrogen and oxygen atoms in total. The third-order valence-corrected chi connectivity index (χ3v) is 6.94. The average Bonchev–Trinajstić information content (AvgIpc) is 2.83. The summed E-state index contributed by atoms with van der Waals surface area (Å²) in [4.78, 5) is 15.2. The fraction of sp³-hybridized carbons (Fsp3) is 0.458. The van der Waals surface area contributed by atoms with Crippen molar-refractivity contribution >= 4 is 22.8 Å². The number of nitrogens with zero attached hydrogens (tertiary/aromatic N) is 1. The number of rotatable bonds is 8. The van der Waals surface area contributed by atoms with Gasteiger partial charge in [-0.15, -0.1) is 0 Å². The normalized spacial score (nSPS) is 20.8. The smallest absolute Gasteiger partial charge is 0.238 e. The van der Waals surface area contributed by atoms with Gasteiger partial charge in [0.25, 0.3) is 0 Å². The van der Waals surface area contributed by atoms with Crippen molar-refractivity contribution in [2.75, 3.05) is 44.4 Å². The fourth-order valence-electron chi connectivity index (χ4n) is 4.07. The Hall–Kier alpha value is -2.30. The van der Waals surface area contributed by atoms with E-state index in [4.69, 9.17) is 9.47 Å². The number of fused-ring (bicyclic) bond motifs is 1. The predicted octanol–water partition coefficient (Wildman–Crippen LogP) is 1.62. The first-order valence-electron chi connectivity index (χ1n) is 11.2. The number of amides is 1. The molecule has 0 bridgehead atoms. The number of nitrogens with one attached hydrogen (secondary N) is 2. The van der Waals surface area contributed by atoms with Crippen molar-refractivity contribution in [3.63, 3.8) is 0 Å². The number of hydrogen-bond donors (Lipinski definition) is 3. The lowest BCUT2D eigenvalue weighted by Crippen LogP contribution is -2.50. The number of benzene rings is 2. The minimum Gasteiger partial charge on any atom is -0.612 e. The minimum atomic E-state index is -1.03. The zero-order chi connectivity index (χ0) is 23.2. The SMILES string of the molecule is C[S+]([O-])c1ccc(NC(=O)CN2CCC(NCC(O)C3COc4ccccc4O3)CC2)cc1. The maximum Gasteiger partial charge on any atom is 0.238 e. The number of anilines is 1. The second kappa shape index (κ2) is 11.2. The molecule has 2 aliphatic heterocycles. The van der Waals surface area contributed by atoms with Crippen molar-refractivity contribution < 1.29 is 23.9 Å². The molecule has 1 saturated heterocycles. The number of aliphatic hydroxyl groups excluding tert-OH is 1. The van der Waals surface area contributed by atoms with E-state index in [9.17, 15) is 14.5 Å². The molecule has 2 aromatic carbocycles. The molecule has 3 atom stereocenters. The zero-order valence-corrected chi connectivity index (χ0v) is 19.6. The molecule has 0 aliphatic carbocycles. The van der Waals surface area contributed by atoms with Crippen molar-refractivity contribution in [2.24, 2.45) is 0 Å². The molecule has 1 fully saturated rings. The first-order valence-corrected chi connectivity index (χ1v) is 12.8. The maximum absolute atomic E-state index is 12.4. The highest BCUT2D eigenvalue weighted by Gasteiger charge is 2.28. The summed E-state index contributed by atoms with van der Waals surface area (Å²) >= 11 is -1.03. The van der Waals surface area contributed by atoms with Gasteiger partial charge in [0, 0.05) is 31.4 Å². The quantitative estimate of drug-likeness (QED) is 0.500. The van der Waals surface area contributed by atoms with Crippen molar-refractivity contribution in [2.45, 2.75) is 36.0 Å². The molecular formula is C24H31N3O5S. The standard InChI is InChI=1S/C24H31N3O5S/c1-33(30)19-8-6-18(7-9-19)26-24(29)15-27-12-10-17(11-13-27)25-14-20(28)23-16-31-21-4-2-3-5-22(21)32-23/h2-9,17,20,23,25,28H,10-16H2,1H3,(H,26,29). The van der Waals surface area contributed by atoms with E-state index in [0.29, 0.717) is 42.9 Å². The molecule has 0 saturated carbocycles. The molecule has 3 unspecified atom stereocenters. The van der Waals surface area contributed by atoms with Crippen LogP contribution in [-0.2, 0) is 16.0 Å². The summed E-state index contributed by atoms with van der Waals surface area (Å²) < 4.78 is 23.0. The fourth-order valence-corrected chi connectivity index (χ4v) is 4.59. The molecule has 2 aromatic rings. The molecule has 0 spiro atoms. The monoisotopic (exact) mass is 473 g/mol. The second-order valence-corrected chi connectivity index (χ2v) is 9.85. The Kier molecular flexibility index (Phi) is 8.11. The molecule has 1 amide bonds. The number of hydrogen-bond acceptors (Lipinski definition) is 7. The van der Waals surface area contributed by atoms with Gasteiger partial charge in [-0.05, 0) is 60.4 Å². The first-order chi connectivity index (χ1) is 16.0. The topological polar surface area (TPSA) is 106 Å². The number of carbonyl (C=O) groups excluding carboxylic acids is 1. The van der Waals surface area contributed by atoms with Crippen LogP contribution >= 0.6 is 0 Å². The van der Waals surface area contributed by atoms with Gasteiger partial charge in [-0.1, -0.05) is 12.1 Å². The Bertz CT molecular complexity index is 919. The molecule has 9 heteroatoms. The summed E-state index contributed by atoms with van der Waals surface area (Å²) in [7, 11) is 0. The van der Waals surface area contributed by atoms with Crippen LogP contribution in [0.25, 0.3) is 0 Å². The second-order valence-electron chi connectivity index (χ2n) is 8.47. The van der Waals surface area contributed by atoms with E-state index < -0.39 is 23.4 Å². The third kappa shape index (κ3) is 6.61. The molecule has 4 rings (SSSR count). The number of piperidine rings is 1. The van der Waals surface area contributed by atoms with E-state index in [1.54, 1.807) is 30.5 Å². The predicted molar refractivity (Wildman–Crippen MR) is 127 cm³/mol. The summed E-state index contributed by atoms with van der Waals surface area (Å²) in [5, 5.41) is 16.9. The average molecular weight is 474 g/mol. The number of carbonyl (C=O) groups is 1. The molecule has 3 N–H and O–H groups in total. The summed E-state index contributed by atoms with van der Waals surface area (Å²) in [6, 6.07) is 14.8. The van der Waals surface area contributed by atoms with Crippen molar-refractivity contribution in [3.8, 4) is 11.5 Å². The van der Waals surface area contributed by atoms with E-state index in [1.807, 2.05) is 24.3 Å². The van der Waals surface area contributed by atoms with Gasteiger partial charge in [-0.25, -0.2) is 0 Å². The van der Waals surface area contributed by atoms with Crippen LogP contribution in [0.15, 0.2) is 53.4 Å². The summed E-state index contributed by atoms with van der Waals surface area (Å²) in [6.07, 6.45) is 2.37. The van der Waals surface area contributed by atoms with Crippen LogP contribution in [-0.4, -0.2) is 77.8 Å². The van der Waals surface area contributed by atoms with E-state index in [-0.39, 0.29) is 5.91 Å². The molecule has 33 heavy (non-hydrogen) atoms. The van der Waals surface area contributed by atoms with Crippen LogP contribution < -0.4 is 20.1 Å². The molecule has 2 heterocycles. The number of ether oxygens (including phenoxy) is 2. The molecule has 0 aromatic heterocycles. The maximum atomic E-state index is 12.4. The Morgan fingerprint density at radius 1 is 1.18 bits per heavy atom. The van der Waals surface area contributed by atoms with Crippen molar-refractivity contribution in [3.05, 3.63) is 48.5 Å². The molecule has 2 aliphatic rings. The van der Waals surface area contributed by atoms with E-state index in [1.165, 1.54) is 0 Å². The van der Waals surface area contributed by atoms with Crippen LogP contribution in [0.4, 0.5) is 5.69 Å².